The zero-order valence-electron chi connectivity index (χ0n) is 14.2. The number of thiophene rings is 1. The number of nitrogens with two attached hydrogens (primary N) is 1. The number of anilines is 2. The lowest BCUT2D eigenvalue weighted by Gasteiger charge is -2.08. The van der Waals surface area contributed by atoms with Crippen LogP contribution in [-0.4, -0.2) is 30.0 Å². The maximum absolute atomic E-state index is 12.5. The normalized spacial score (nSPS) is 11.3. The number of hydrogen-bond donors (Lipinski definition) is 2. The van der Waals surface area contributed by atoms with Gasteiger partial charge in [-0.05, 0) is 30.0 Å². The van der Waals surface area contributed by atoms with Gasteiger partial charge < -0.3 is 11.1 Å². The molecule has 0 bridgehead atoms. The van der Waals surface area contributed by atoms with Crippen molar-refractivity contribution in [3.63, 3.8) is 0 Å². The van der Waals surface area contributed by atoms with Gasteiger partial charge >= 0.3 is 0 Å². The van der Waals surface area contributed by atoms with E-state index in [-0.39, 0.29) is 31.7 Å². The number of para-hydroxylation sites is 1. The number of sulfone groups is 1. The van der Waals surface area contributed by atoms with Crippen molar-refractivity contribution in [3.8, 4) is 0 Å². The predicted molar refractivity (Wildman–Crippen MR) is 107 cm³/mol. The maximum atomic E-state index is 12.5. The van der Waals surface area contributed by atoms with Crippen LogP contribution in [0.3, 0.4) is 0 Å². The molecule has 3 aromatic rings. The summed E-state index contributed by atoms with van der Waals surface area (Å²) in [5.74, 6) is -0.280. The van der Waals surface area contributed by atoms with Gasteiger partial charge in [0.2, 0.25) is 15.7 Å². The van der Waals surface area contributed by atoms with E-state index in [2.05, 4.69) is 15.3 Å². The van der Waals surface area contributed by atoms with Crippen LogP contribution in [0.4, 0.5) is 11.5 Å². The van der Waals surface area contributed by atoms with Crippen molar-refractivity contribution in [2.45, 2.75) is 21.2 Å². The molecule has 0 fully saturated rings. The second kappa shape index (κ2) is 8.07. The van der Waals surface area contributed by atoms with Crippen molar-refractivity contribution in [2.24, 2.45) is 0 Å². The first-order valence-corrected chi connectivity index (χ1v) is 11.1. The molecule has 0 aliphatic heterocycles. The van der Waals surface area contributed by atoms with Crippen molar-refractivity contribution in [1.29, 1.82) is 0 Å². The van der Waals surface area contributed by atoms with Crippen LogP contribution < -0.4 is 11.1 Å². The Morgan fingerprint density at radius 1 is 1.26 bits per heavy atom. The molecule has 0 radical (unpaired) electrons. The lowest BCUT2D eigenvalue weighted by molar-refractivity contribution is -0.113. The van der Waals surface area contributed by atoms with Crippen LogP contribution in [0.15, 0.2) is 62.2 Å². The molecule has 0 aliphatic carbocycles. The predicted octanol–water partition coefficient (Wildman–Crippen LogP) is 2.99. The minimum absolute atomic E-state index is 0.0742. The lowest BCUT2D eigenvalue weighted by Crippen LogP contribution is -2.15. The van der Waals surface area contributed by atoms with Gasteiger partial charge in [0.05, 0.1) is 11.9 Å². The van der Waals surface area contributed by atoms with Crippen molar-refractivity contribution >= 4 is 50.3 Å². The SMILES string of the molecule is Cc1ccccc1NC(=O)CSc1ncc(S(=O)(=O)c2cccs2)c(N)n1. The monoisotopic (exact) mass is 420 g/mol. The van der Waals surface area contributed by atoms with Gasteiger partial charge in [0.15, 0.2) is 5.16 Å². The van der Waals surface area contributed by atoms with Gasteiger partial charge in [0.1, 0.15) is 14.9 Å². The van der Waals surface area contributed by atoms with Crippen LogP contribution in [0.5, 0.6) is 0 Å². The number of amides is 1. The number of nitrogens with one attached hydrogen (secondary N) is 1. The summed E-state index contributed by atoms with van der Waals surface area (Å²) in [6, 6.07) is 10.6. The molecule has 2 heterocycles. The van der Waals surface area contributed by atoms with Crippen molar-refractivity contribution in [3.05, 3.63) is 53.5 Å². The number of carbonyl (C=O) groups excluding carboxylic acids is 1. The maximum Gasteiger partial charge on any atom is 0.234 e. The molecule has 0 spiro atoms. The number of hydrogen-bond acceptors (Lipinski definition) is 8. The molecule has 10 heteroatoms. The molecule has 0 saturated carbocycles. The lowest BCUT2D eigenvalue weighted by atomic mass is 10.2. The van der Waals surface area contributed by atoms with Crippen molar-refractivity contribution < 1.29 is 13.2 Å². The molecule has 3 N–H and O–H groups in total. The Morgan fingerprint density at radius 3 is 2.70 bits per heavy atom. The fourth-order valence-corrected chi connectivity index (χ4v) is 5.20. The molecule has 7 nitrogen and oxygen atoms in total. The second-order valence-corrected chi connectivity index (χ2v) is 9.52. The smallest absolute Gasteiger partial charge is 0.234 e. The molecule has 0 saturated heterocycles. The van der Waals surface area contributed by atoms with E-state index in [0.717, 1.165) is 34.3 Å². The van der Waals surface area contributed by atoms with Crippen LogP contribution in [0.25, 0.3) is 0 Å². The van der Waals surface area contributed by atoms with E-state index < -0.39 is 9.84 Å². The highest BCUT2D eigenvalue weighted by Crippen LogP contribution is 2.28. The van der Waals surface area contributed by atoms with E-state index in [1.54, 1.807) is 11.4 Å². The Balaban J connectivity index is 1.68. The summed E-state index contributed by atoms with van der Waals surface area (Å²) < 4.78 is 25.2. The Hall–Kier alpha value is -2.43. The minimum Gasteiger partial charge on any atom is -0.382 e. The highest BCUT2D eigenvalue weighted by Gasteiger charge is 2.23. The van der Waals surface area contributed by atoms with Crippen molar-refractivity contribution in [2.75, 3.05) is 16.8 Å². The standard InChI is InChI=1S/C17H16N4O3S3/c1-11-5-2-3-6-12(11)20-14(22)10-26-17-19-9-13(16(18)21-17)27(23,24)15-7-4-8-25-15/h2-9H,10H2,1H3,(H,20,22)(H2,18,19,21). The number of nitrogen functional groups attached to an aromatic ring is 1. The number of nitrogens with zero attached hydrogens (tertiary/aromatic N) is 2. The van der Waals surface area contributed by atoms with E-state index in [1.165, 1.54) is 12.3 Å². The fraction of sp³-hybridized carbons (Fsp3) is 0.118. The van der Waals surface area contributed by atoms with Crippen LogP contribution in [0, 0.1) is 6.92 Å². The summed E-state index contributed by atoms with van der Waals surface area (Å²) in [5.41, 5.74) is 7.52. The summed E-state index contributed by atoms with van der Waals surface area (Å²) >= 11 is 2.17. The summed E-state index contributed by atoms with van der Waals surface area (Å²) in [4.78, 5) is 20.0. The second-order valence-electron chi connectivity index (χ2n) is 5.49. The van der Waals surface area contributed by atoms with Gasteiger partial charge in [0, 0.05) is 5.69 Å². The van der Waals surface area contributed by atoms with Crippen molar-refractivity contribution in [1.82, 2.24) is 9.97 Å². The van der Waals surface area contributed by atoms with Gasteiger partial charge in [0.25, 0.3) is 0 Å². The van der Waals surface area contributed by atoms with Crippen LogP contribution in [-0.2, 0) is 14.6 Å². The average molecular weight is 421 g/mol. The molecule has 1 amide bonds. The number of aromatic nitrogens is 2. The molecule has 27 heavy (non-hydrogen) atoms. The number of benzene rings is 1. The summed E-state index contributed by atoms with van der Waals surface area (Å²) in [6.07, 6.45) is 1.18. The first-order valence-electron chi connectivity index (χ1n) is 7.77. The van der Waals surface area contributed by atoms with E-state index in [0.29, 0.717) is 0 Å². The molecular weight excluding hydrogens is 404 g/mol. The Bertz CT molecular complexity index is 1070. The minimum atomic E-state index is -3.74. The molecule has 3 rings (SSSR count). The quantitative estimate of drug-likeness (QED) is 0.465. The van der Waals surface area contributed by atoms with E-state index in [9.17, 15) is 13.2 Å². The Morgan fingerprint density at radius 2 is 2.04 bits per heavy atom. The van der Waals surface area contributed by atoms with Crippen LogP contribution in [0.2, 0.25) is 0 Å². The van der Waals surface area contributed by atoms with Gasteiger partial charge in [-0.25, -0.2) is 18.4 Å². The third kappa shape index (κ3) is 4.46. The highest BCUT2D eigenvalue weighted by atomic mass is 32.2. The number of carbonyl (C=O) groups is 1. The Labute approximate surface area is 165 Å². The van der Waals surface area contributed by atoms with Gasteiger partial charge in [-0.1, -0.05) is 36.0 Å². The Kier molecular flexibility index (Phi) is 5.78. The average Bonchev–Trinajstić information content (AvgIpc) is 3.17. The molecule has 0 aliphatic rings. The molecule has 140 valence electrons. The zero-order valence-corrected chi connectivity index (χ0v) is 16.7. The largest absolute Gasteiger partial charge is 0.382 e. The summed E-state index contributed by atoms with van der Waals surface area (Å²) in [7, 11) is -3.74. The molecule has 2 aromatic heterocycles. The number of aryl methyl sites for hydroxylation is 1. The zero-order chi connectivity index (χ0) is 19.4. The first kappa shape index (κ1) is 19.3. The topological polar surface area (TPSA) is 115 Å². The molecule has 0 unspecified atom stereocenters. The first-order chi connectivity index (χ1) is 12.9. The van der Waals surface area contributed by atoms with E-state index in [4.69, 9.17) is 5.73 Å². The summed E-state index contributed by atoms with van der Waals surface area (Å²) in [6.45, 7) is 1.90. The van der Waals surface area contributed by atoms with E-state index >= 15 is 0 Å². The fourth-order valence-electron chi connectivity index (χ4n) is 2.20. The third-order valence-corrected chi connectivity index (χ3v) is 7.59. The highest BCUT2D eigenvalue weighted by molar-refractivity contribution is 7.99. The molecule has 0 atom stereocenters. The molecular formula is C17H16N4O3S3. The number of rotatable bonds is 6. The van der Waals surface area contributed by atoms with Gasteiger partial charge in [-0.15, -0.1) is 11.3 Å². The number of thioether (sulfide) groups is 1. The van der Waals surface area contributed by atoms with E-state index in [1.807, 2.05) is 31.2 Å². The molecule has 1 aromatic carbocycles. The van der Waals surface area contributed by atoms with Gasteiger partial charge in [-0.2, -0.15) is 0 Å². The third-order valence-electron chi connectivity index (χ3n) is 3.56. The van der Waals surface area contributed by atoms with Gasteiger partial charge in [-0.3, -0.25) is 4.79 Å². The van der Waals surface area contributed by atoms with Crippen LogP contribution in [0.1, 0.15) is 5.56 Å². The van der Waals surface area contributed by atoms with Crippen LogP contribution >= 0.6 is 23.1 Å². The summed E-state index contributed by atoms with van der Waals surface area (Å²) in [5, 5.41) is 4.71.